The first kappa shape index (κ1) is 6.84. The number of fused-ring (bicyclic) bond motifs is 1. The Morgan fingerprint density at radius 3 is 3.08 bits per heavy atom. The first-order valence-corrected chi connectivity index (χ1v) is 3.44. The van der Waals surface area contributed by atoms with Crippen molar-refractivity contribution in [1.82, 2.24) is 10.2 Å². The van der Waals surface area contributed by atoms with Gasteiger partial charge in [0.25, 0.3) is 0 Å². The number of aromatic amines is 1. The van der Waals surface area contributed by atoms with E-state index in [0.717, 1.165) is 0 Å². The summed E-state index contributed by atoms with van der Waals surface area (Å²) in [4.78, 5) is 10.4. The highest BCUT2D eigenvalue weighted by molar-refractivity contribution is 5.98. The summed E-state index contributed by atoms with van der Waals surface area (Å²) in [6.45, 7) is 0. The minimum absolute atomic E-state index is 0.0725. The fourth-order valence-electron chi connectivity index (χ4n) is 1.16. The molecule has 0 bridgehead atoms. The van der Waals surface area contributed by atoms with E-state index in [1.807, 2.05) is 0 Å². The van der Waals surface area contributed by atoms with Gasteiger partial charge < -0.3 is 5.11 Å². The zero-order chi connectivity index (χ0) is 8.55. The van der Waals surface area contributed by atoms with Crippen molar-refractivity contribution < 1.29 is 9.90 Å². The molecule has 0 spiro atoms. The van der Waals surface area contributed by atoms with Crippen LogP contribution in [0.25, 0.3) is 10.9 Å². The molecule has 0 saturated carbocycles. The molecule has 4 nitrogen and oxygen atoms in total. The van der Waals surface area contributed by atoms with Gasteiger partial charge in [0.05, 0.1) is 10.9 Å². The van der Waals surface area contributed by atoms with Gasteiger partial charge in [0.1, 0.15) is 11.4 Å². The number of rotatable bonds is 1. The highest BCUT2D eigenvalue weighted by Gasteiger charge is 2.07. The molecule has 1 heterocycles. The molecule has 2 aromatic rings. The molecule has 0 amide bonds. The van der Waals surface area contributed by atoms with Crippen molar-refractivity contribution in [3.63, 3.8) is 0 Å². The van der Waals surface area contributed by atoms with E-state index in [2.05, 4.69) is 10.2 Å². The molecule has 60 valence electrons. The zero-order valence-electron chi connectivity index (χ0n) is 6.11. The normalized spacial score (nSPS) is 10.3. The Balaban J connectivity index is 2.91. The molecule has 0 radical (unpaired) electrons. The van der Waals surface area contributed by atoms with E-state index < -0.39 is 0 Å². The van der Waals surface area contributed by atoms with Crippen molar-refractivity contribution in [3.8, 4) is 5.75 Å². The number of benzene rings is 1. The molecule has 1 aromatic heterocycles. The van der Waals surface area contributed by atoms with Gasteiger partial charge in [-0.25, -0.2) is 0 Å². The lowest BCUT2D eigenvalue weighted by atomic mass is 10.2. The molecule has 0 unspecified atom stereocenters. The van der Waals surface area contributed by atoms with E-state index in [-0.39, 0.29) is 11.4 Å². The second-order valence-electron chi connectivity index (χ2n) is 2.43. The predicted molar refractivity (Wildman–Crippen MR) is 43.1 cm³/mol. The van der Waals surface area contributed by atoms with Crippen LogP contribution < -0.4 is 0 Å². The molecule has 1 aromatic carbocycles. The summed E-state index contributed by atoms with van der Waals surface area (Å²) in [7, 11) is 0. The average Bonchev–Trinajstić information content (AvgIpc) is 2.49. The Bertz CT molecular complexity index is 434. The zero-order valence-corrected chi connectivity index (χ0v) is 6.11. The van der Waals surface area contributed by atoms with Gasteiger partial charge in [-0.3, -0.25) is 9.89 Å². The Labute approximate surface area is 67.8 Å². The lowest BCUT2D eigenvalue weighted by Crippen LogP contribution is -1.78. The number of phenolic OH excluding ortho intramolecular Hbond substituents is 1. The van der Waals surface area contributed by atoms with E-state index in [1.165, 1.54) is 6.07 Å². The quantitative estimate of drug-likeness (QED) is 0.616. The minimum Gasteiger partial charge on any atom is -0.507 e. The first-order valence-electron chi connectivity index (χ1n) is 3.44. The van der Waals surface area contributed by atoms with Gasteiger partial charge in [-0.05, 0) is 12.1 Å². The van der Waals surface area contributed by atoms with Crippen molar-refractivity contribution in [1.29, 1.82) is 0 Å². The Hall–Kier alpha value is -1.84. The summed E-state index contributed by atoms with van der Waals surface area (Å²) in [6, 6.07) is 4.95. The van der Waals surface area contributed by atoms with E-state index in [9.17, 15) is 9.90 Å². The van der Waals surface area contributed by atoms with Crippen molar-refractivity contribution >= 4 is 17.2 Å². The van der Waals surface area contributed by atoms with Crippen LogP contribution in [-0.4, -0.2) is 21.6 Å². The lowest BCUT2D eigenvalue weighted by molar-refractivity contribution is 0.112. The van der Waals surface area contributed by atoms with Crippen LogP contribution in [0.3, 0.4) is 0 Å². The molecule has 0 aliphatic rings. The minimum atomic E-state index is 0.0725. The Kier molecular flexibility index (Phi) is 1.33. The van der Waals surface area contributed by atoms with Crippen LogP contribution >= 0.6 is 0 Å². The van der Waals surface area contributed by atoms with Gasteiger partial charge in [0, 0.05) is 0 Å². The second kappa shape index (κ2) is 2.34. The number of carbonyl (C=O) groups is 1. The molecule has 0 fully saturated rings. The van der Waals surface area contributed by atoms with Crippen LogP contribution in [0.5, 0.6) is 5.75 Å². The van der Waals surface area contributed by atoms with Crippen molar-refractivity contribution in [2.24, 2.45) is 0 Å². The van der Waals surface area contributed by atoms with Crippen molar-refractivity contribution in [3.05, 3.63) is 23.9 Å². The molecule has 4 heteroatoms. The Morgan fingerprint density at radius 1 is 1.50 bits per heavy atom. The lowest BCUT2D eigenvalue weighted by Gasteiger charge is -1.92. The number of hydrogen-bond acceptors (Lipinski definition) is 3. The molecule has 0 atom stereocenters. The summed E-state index contributed by atoms with van der Waals surface area (Å²) in [5.41, 5.74) is 0.903. The van der Waals surface area contributed by atoms with Gasteiger partial charge in [0.2, 0.25) is 0 Å². The number of H-pyrrole nitrogens is 1. The van der Waals surface area contributed by atoms with E-state index in [0.29, 0.717) is 17.2 Å². The van der Waals surface area contributed by atoms with Crippen molar-refractivity contribution in [2.75, 3.05) is 0 Å². The van der Waals surface area contributed by atoms with Crippen LogP contribution in [-0.2, 0) is 0 Å². The topological polar surface area (TPSA) is 66.0 Å². The average molecular weight is 162 g/mol. The molecule has 0 aliphatic carbocycles. The van der Waals surface area contributed by atoms with Crippen LogP contribution in [0, 0.1) is 0 Å². The largest absolute Gasteiger partial charge is 0.507 e. The Morgan fingerprint density at radius 2 is 2.33 bits per heavy atom. The third kappa shape index (κ3) is 0.780. The highest BCUT2D eigenvalue weighted by Crippen LogP contribution is 2.24. The maximum atomic E-state index is 10.4. The van der Waals surface area contributed by atoms with Gasteiger partial charge in [0.15, 0.2) is 6.29 Å². The standard InChI is InChI=1S/C8H6N2O2/c11-4-6-8-5(9-10-6)2-1-3-7(8)12/h1-4,12H,(H,9,10). The summed E-state index contributed by atoms with van der Waals surface area (Å²) < 4.78 is 0. The fraction of sp³-hybridized carbons (Fsp3) is 0. The number of carbonyl (C=O) groups excluding carboxylic acids is 1. The third-order valence-corrected chi connectivity index (χ3v) is 1.71. The number of nitrogens with zero attached hydrogens (tertiary/aromatic N) is 1. The van der Waals surface area contributed by atoms with E-state index in [4.69, 9.17) is 0 Å². The number of nitrogens with one attached hydrogen (secondary N) is 1. The molecule has 0 saturated heterocycles. The molecule has 2 N–H and O–H groups in total. The molecular formula is C8H6N2O2. The summed E-state index contributed by atoms with van der Waals surface area (Å²) in [5.74, 6) is 0.0725. The second-order valence-corrected chi connectivity index (χ2v) is 2.43. The maximum Gasteiger partial charge on any atom is 0.171 e. The van der Waals surface area contributed by atoms with Gasteiger partial charge >= 0.3 is 0 Å². The van der Waals surface area contributed by atoms with Crippen molar-refractivity contribution in [2.45, 2.75) is 0 Å². The smallest absolute Gasteiger partial charge is 0.171 e. The number of aromatic nitrogens is 2. The molecule has 2 rings (SSSR count). The monoisotopic (exact) mass is 162 g/mol. The summed E-state index contributed by atoms with van der Waals surface area (Å²) in [5, 5.41) is 16.2. The van der Waals surface area contributed by atoms with Crippen LogP contribution in [0.4, 0.5) is 0 Å². The number of hydrogen-bond donors (Lipinski definition) is 2. The number of phenols is 1. The van der Waals surface area contributed by atoms with Gasteiger partial charge in [-0.1, -0.05) is 6.07 Å². The molecule has 12 heavy (non-hydrogen) atoms. The molecular weight excluding hydrogens is 156 g/mol. The van der Waals surface area contributed by atoms with Crippen LogP contribution in [0.15, 0.2) is 18.2 Å². The van der Waals surface area contributed by atoms with Crippen LogP contribution in [0.1, 0.15) is 10.5 Å². The van der Waals surface area contributed by atoms with Crippen LogP contribution in [0.2, 0.25) is 0 Å². The fourth-order valence-corrected chi connectivity index (χ4v) is 1.16. The number of aromatic hydroxyl groups is 1. The number of aldehydes is 1. The third-order valence-electron chi connectivity index (χ3n) is 1.71. The van der Waals surface area contributed by atoms with Gasteiger partial charge in [-0.15, -0.1) is 0 Å². The predicted octanol–water partition coefficient (Wildman–Crippen LogP) is 1.08. The van der Waals surface area contributed by atoms with E-state index in [1.54, 1.807) is 12.1 Å². The first-order chi connectivity index (χ1) is 5.83. The SMILES string of the molecule is O=Cc1n[nH]c2cccc(O)c12. The summed E-state index contributed by atoms with van der Waals surface area (Å²) >= 11 is 0. The highest BCUT2D eigenvalue weighted by atomic mass is 16.3. The maximum absolute atomic E-state index is 10.4. The van der Waals surface area contributed by atoms with Gasteiger partial charge in [-0.2, -0.15) is 5.10 Å². The van der Waals surface area contributed by atoms with E-state index >= 15 is 0 Å². The summed E-state index contributed by atoms with van der Waals surface area (Å²) in [6.07, 6.45) is 0.610. The molecule has 0 aliphatic heterocycles.